The van der Waals surface area contributed by atoms with Gasteiger partial charge in [-0.15, -0.1) is 0 Å². The summed E-state index contributed by atoms with van der Waals surface area (Å²) in [4.78, 5) is 0. The lowest BCUT2D eigenvalue weighted by atomic mass is 10.2. The van der Waals surface area contributed by atoms with Crippen LogP contribution >= 0.6 is 22.3 Å². The Balaban J connectivity index is 3.17. The van der Waals surface area contributed by atoms with Crippen molar-refractivity contribution in [3.8, 4) is 0 Å². The molecule has 1 unspecified atom stereocenters. The highest BCUT2D eigenvalue weighted by atomic mass is 35.7. The molecule has 0 spiro atoms. The van der Waals surface area contributed by atoms with Crippen molar-refractivity contribution in [3.63, 3.8) is 0 Å². The highest BCUT2D eigenvalue weighted by Gasteiger charge is 2.25. The average Bonchev–Trinajstić information content (AvgIpc) is 2.02. The SMILES string of the molecule is O=S(=O)(Cl)C(F)c1ccccc1Cl. The van der Waals surface area contributed by atoms with Gasteiger partial charge in [-0.25, -0.2) is 12.8 Å². The van der Waals surface area contributed by atoms with E-state index in [1.807, 2.05) is 0 Å². The van der Waals surface area contributed by atoms with Gasteiger partial charge >= 0.3 is 0 Å². The molecule has 0 aliphatic carbocycles. The minimum absolute atomic E-state index is 0.0409. The van der Waals surface area contributed by atoms with E-state index >= 15 is 0 Å². The van der Waals surface area contributed by atoms with E-state index in [1.54, 1.807) is 6.07 Å². The molecule has 72 valence electrons. The number of hydrogen-bond donors (Lipinski definition) is 0. The van der Waals surface area contributed by atoms with Crippen molar-refractivity contribution in [2.24, 2.45) is 0 Å². The largest absolute Gasteiger partial charge is 0.269 e. The maximum atomic E-state index is 13.1. The molecule has 0 aliphatic rings. The normalized spacial score (nSPS) is 14.1. The third kappa shape index (κ3) is 2.56. The van der Waals surface area contributed by atoms with E-state index in [4.69, 9.17) is 22.3 Å². The van der Waals surface area contributed by atoms with E-state index in [0.29, 0.717) is 0 Å². The van der Waals surface area contributed by atoms with Crippen LogP contribution in [0.3, 0.4) is 0 Å². The predicted octanol–water partition coefficient (Wildman–Crippen LogP) is 2.88. The lowest BCUT2D eigenvalue weighted by molar-refractivity contribution is 0.438. The molecule has 1 atom stereocenters. The van der Waals surface area contributed by atoms with E-state index in [1.165, 1.54) is 18.2 Å². The summed E-state index contributed by atoms with van der Waals surface area (Å²) >= 11 is 5.56. The summed E-state index contributed by atoms with van der Waals surface area (Å²) in [6, 6.07) is 5.72. The summed E-state index contributed by atoms with van der Waals surface area (Å²) in [5.74, 6) is 0. The molecule has 0 saturated heterocycles. The van der Waals surface area contributed by atoms with Crippen molar-refractivity contribution >= 4 is 31.3 Å². The van der Waals surface area contributed by atoms with Gasteiger partial charge in [-0.1, -0.05) is 29.8 Å². The second-order valence-electron chi connectivity index (χ2n) is 2.31. The molecule has 0 saturated carbocycles. The first-order valence-corrected chi connectivity index (χ1v) is 6.00. The molecular weight excluding hydrogens is 238 g/mol. The van der Waals surface area contributed by atoms with Crippen molar-refractivity contribution in [1.29, 1.82) is 0 Å². The highest BCUT2D eigenvalue weighted by Crippen LogP contribution is 2.31. The number of rotatable bonds is 2. The fraction of sp³-hybridized carbons (Fsp3) is 0.143. The highest BCUT2D eigenvalue weighted by molar-refractivity contribution is 8.13. The number of halogens is 3. The fourth-order valence-electron chi connectivity index (χ4n) is 0.811. The molecule has 1 aromatic rings. The Labute approximate surface area is 84.7 Å². The molecule has 0 amide bonds. The van der Waals surface area contributed by atoms with Crippen LogP contribution in [0.15, 0.2) is 24.3 Å². The fourth-order valence-corrected chi connectivity index (χ4v) is 1.90. The topological polar surface area (TPSA) is 34.1 Å². The maximum Gasteiger partial charge on any atom is 0.269 e. The van der Waals surface area contributed by atoms with Gasteiger partial charge in [0.2, 0.25) is 5.50 Å². The molecule has 2 nitrogen and oxygen atoms in total. The Kier molecular flexibility index (Phi) is 3.16. The average molecular weight is 243 g/mol. The van der Waals surface area contributed by atoms with Crippen molar-refractivity contribution < 1.29 is 12.8 Å². The van der Waals surface area contributed by atoms with Gasteiger partial charge in [-0.2, -0.15) is 0 Å². The van der Waals surface area contributed by atoms with Crippen molar-refractivity contribution in [2.75, 3.05) is 0 Å². The number of alkyl halides is 1. The molecular formula is C7H5Cl2FO2S. The number of benzene rings is 1. The molecule has 0 bridgehead atoms. The van der Waals surface area contributed by atoms with Gasteiger partial charge in [0.15, 0.2) is 0 Å². The van der Waals surface area contributed by atoms with Gasteiger partial charge in [0.1, 0.15) is 0 Å². The molecule has 0 fully saturated rings. The Morgan fingerprint density at radius 2 is 1.85 bits per heavy atom. The van der Waals surface area contributed by atoms with Gasteiger partial charge in [0.05, 0.1) is 0 Å². The lowest BCUT2D eigenvalue weighted by Gasteiger charge is -2.05. The monoisotopic (exact) mass is 242 g/mol. The third-order valence-corrected chi connectivity index (χ3v) is 2.96. The van der Waals surface area contributed by atoms with Crippen molar-refractivity contribution in [2.45, 2.75) is 5.50 Å². The van der Waals surface area contributed by atoms with Crippen molar-refractivity contribution in [1.82, 2.24) is 0 Å². The summed E-state index contributed by atoms with van der Waals surface area (Å²) in [5, 5.41) is 0.0409. The van der Waals surface area contributed by atoms with E-state index < -0.39 is 14.6 Å². The molecule has 0 radical (unpaired) electrons. The molecule has 1 aromatic carbocycles. The quantitative estimate of drug-likeness (QED) is 0.748. The molecule has 0 heterocycles. The van der Waals surface area contributed by atoms with Gasteiger partial charge in [0, 0.05) is 21.3 Å². The Morgan fingerprint density at radius 3 is 2.31 bits per heavy atom. The second-order valence-corrected chi connectivity index (χ2v) is 5.38. The second kappa shape index (κ2) is 3.82. The maximum absolute atomic E-state index is 13.1. The summed E-state index contributed by atoms with van der Waals surface area (Å²) in [6.07, 6.45) is 0. The predicted molar refractivity (Wildman–Crippen MR) is 50.1 cm³/mol. The summed E-state index contributed by atoms with van der Waals surface area (Å²) < 4.78 is 34.3. The zero-order valence-corrected chi connectivity index (χ0v) is 8.57. The van der Waals surface area contributed by atoms with Crippen LogP contribution in [0.25, 0.3) is 0 Å². The molecule has 0 N–H and O–H groups in total. The van der Waals surface area contributed by atoms with Crippen LogP contribution in [0.5, 0.6) is 0 Å². The van der Waals surface area contributed by atoms with Crippen LogP contribution in [-0.2, 0) is 9.05 Å². The molecule has 0 aliphatic heterocycles. The van der Waals surface area contributed by atoms with Gasteiger partial charge in [-0.3, -0.25) is 0 Å². The van der Waals surface area contributed by atoms with Crippen LogP contribution in [0.1, 0.15) is 11.1 Å². The zero-order valence-electron chi connectivity index (χ0n) is 6.25. The molecule has 1 rings (SSSR count). The first-order valence-electron chi connectivity index (χ1n) is 3.25. The summed E-state index contributed by atoms with van der Waals surface area (Å²) in [5.41, 5.74) is -2.41. The first-order chi connectivity index (χ1) is 5.93. The van der Waals surface area contributed by atoms with Crippen LogP contribution in [0.2, 0.25) is 5.02 Å². The van der Waals surface area contributed by atoms with E-state index in [0.717, 1.165) is 0 Å². The lowest BCUT2D eigenvalue weighted by Crippen LogP contribution is -2.01. The molecule has 6 heteroatoms. The molecule has 0 aromatic heterocycles. The van der Waals surface area contributed by atoms with E-state index in [9.17, 15) is 12.8 Å². The number of hydrogen-bond acceptors (Lipinski definition) is 2. The zero-order chi connectivity index (χ0) is 10.1. The third-order valence-electron chi connectivity index (χ3n) is 1.40. The smallest absolute Gasteiger partial charge is 0.223 e. The Morgan fingerprint density at radius 1 is 1.31 bits per heavy atom. The van der Waals surface area contributed by atoms with Gasteiger partial charge in [-0.05, 0) is 6.07 Å². The summed E-state index contributed by atoms with van der Waals surface area (Å²) in [6.45, 7) is 0. The van der Waals surface area contributed by atoms with Crippen LogP contribution in [-0.4, -0.2) is 8.42 Å². The standard InChI is InChI=1S/C7H5Cl2FO2S/c8-6-4-2-1-3-5(6)7(10)13(9,11)12/h1-4,7H. The minimum Gasteiger partial charge on any atom is -0.223 e. The van der Waals surface area contributed by atoms with Gasteiger partial charge < -0.3 is 0 Å². The van der Waals surface area contributed by atoms with E-state index in [-0.39, 0.29) is 10.6 Å². The van der Waals surface area contributed by atoms with E-state index in [2.05, 4.69) is 0 Å². The first kappa shape index (κ1) is 10.8. The Bertz CT molecular complexity index is 405. The Hall–Kier alpha value is -0.320. The minimum atomic E-state index is -4.26. The van der Waals surface area contributed by atoms with Crippen LogP contribution < -0.4 is 0 Å². The summed E-state index contributed by atoms with van der Waals surface area (Å²) in [7, 11) is 0.571. The van der Waals surface area contributed by atoms with Crippen LogP contribution in [0, 0.1) is 0 Å². The van der Waals surface area contributed by atoms with Gasteiger partial charge in [0.25, 0.3) is 9.05 Å². The van der Waals surface area contributed by atoms with Crippen LogP contribution in [0.4, 0.5) is 4.39 Å². The molecule has 13 heavy (non-hydrogen) atoms. The van der Waals surface area contributed by atoms with Crippen molar-refractivity contribution in [3.05, 3.63) is 34.9 Å².